The molecule has 0 radical (unpaired) electrons. The van der Waals surface area contributed by atoms with Crippen molar-refractivity contribution in [3.63, 3.8) is 0 Å². The van der Waals surface area contributed by atoms with Gasteiger partial charge in [-0.2, -0.15) is 5.10 Å². The Morgan fingerprint density at radius 1 is 1.31 bits per heavy atom. The highest BCUT2D eigenvalue weighted by Crippen LogP contribution is 2.13. The van der Waals surface area contributed by atoms with E-state index < -0.39 is 0 Å². The molecule has 0 aliphatic carbocycles. The molecule has 0 saturated carbocycles. The zero-order valence-corrected chi connectivity index (χ0v) is 18.2. The van der Waals surface area contributed by atoms with Crippen molar-refractivity contribution in [2.45, 2.75) is 51.3 Å². The van der Waals surface area contributed by atoms with Gasteiger partial charge in [0, 0.05) is 39.7 Å². The Morgan fingerprint density at radius 2 is 2.12 bits per heavy atom. The third kappa shape index (κ3) is 6.05. The van der Waals surface area contributed by atoms with Crippen molar-refractivity contribution < 1.29 is 4.74 Å². The van der Waals surface area contributed by atoms with Crippen LogP contribution in [0.1, 0.15) is 37.3 Å². The second-order valence-electron chi connectivity index (χ2n) is 6.84. The summed E-state index contributed by atoms with van der Waals surface area (Å²) in [6.45, 7) is 5.76. The normalized spacial score (nSPS) is 21.0. The van der Waals surface area contributed by atoms with E-state index >= 15 is 0 Å². The molecule has 0 spiro atoms. The lowest BCUT2D eigenvalue weighted by atomic mass is 10.1. The van der Waals surface area contributed by atoms with Crippen LogP contribution in [0.15, 0.2) is 4.99 Å². The Balaban J connectivity index is 0.00000243. The minimum Gasteiger partial charge on any atom is -0.377 e. The molecule has 148 valence electrons. The number of ether oxygens (including phenoxy) is 1. The zero-order valence-electron chi connectivity index (χ0n) is 15.9. The topological polar surface area (TPSA) is 79.6 Å². The monoisotopic (exact) mass is 477 g/mol. The first-order chi connectivity index (χ1) is 12.3. The Hall–Kier alpha value is -0.940. The van der Waals surface area contributed by atoms with Gasteiger partial charge in [-0.05, 0) is 32.4 Å². The van der Waals surface area contributed by atoms with Crippen LogP contribution in [0.4, 0.5) is 0 Å². The summed E-state index contributed by atoms with van der Waals surface area (Å²) in [7, 11) is 3.50. The third-order valence-corrected chi connectivity index (χ3v) is 4.91. The van der Waals surface area contributed by atoms with E-state index in [9.17, 15) is 0 Å². The highest BCUT2D eigenvalue weighted by molar-refractivity contribution is 14.0. The van der Waals surface area contributed by atoms with Crippen molar-refractivity contribution in [1.82, 2.24) is 30.3 Å². The molecule has 26 heavy (non-hydrogen) atoms. The molecule has 3 heterocycles. The van der Waals surface area contributed by atoms with Gasteiger partial charge < -0.3 is 20.3 Å². The molecule has 0 amide bonds. The van der Waals surface area contributed by atoms with E-state index in [0.29, 0.717) is 12.6 Å². The van der Waals surface area contributed by atoms with Crippen LogP contribution in [-0.2, 0) is 24.3 Å². The summed E-state index contributed by atoms with van der Waals surface area (Å²) in [4.78, 5) is 11.4. The molecule has 2 aliphatic rings. The Morgan fingerprint density at radius 3 is 2.85 bits per heavy atom. The van der Waals surface area contributed by atoms with Gasteiger partial charge in [-0.25, -0.2) is 9.67 Å². The fraction of sp³-hybridized carbons (Fsp3) is 0.824. The first-order valence-electron chi connectivity index (χ1n) is 9.39. The van der Waals surface area contributed by atoms with Gasteiger partial charge in [0.1, 0.15) is 12.4 Å². The molecule has 1 aromatic heterocycles. The summed E-state index contributed by atoms with van der Waals surface area (Å²) < 4.78 is 7.12. The minimum atomic E-state index is 0. The molecule has 2 N–H and O–H groups in total. The van der Waals surface area contributed by atoms with E-state index in [4.69, 9.17) is 4.74 Å². The van der Waals surface area contributed by atoms with Gasteiger partial charge in [0.2, 0.25) is 0 Å². The predicted octanol–water partition coefficient (Wildman–Crippen LogP) is 1.01. The summed E-state index contributed by atoms with van der Waals surface area (Å²) in [6.07, 6.45) is 6.02. The average Bonchev–Trinajstić information content (AvgIpc) is 3.03. The molecule has 1 saturated heterocycles. The number of hydrogen-bond acceptors (Lipinski definition) is 5. The summed E-state index contributed by atoms with van der Waals surface area (Å²) in [5.74, 6) is 2.70. The summed E-state index contributed by atoms with van der Waals surface area (Å²) in [6, 6.07) is 0.325. The summed E-state index contributed by atoms with van der Waals surface area (Å²) >= 11 is 0. The van der Waals surface area contributed by atoms with Crippen molar-refractivity contribution >= 4 is 29.9 Å². The molecule has 1 fully saturated rings. The van der Waals surface area contributed by atoms with Crippen molar-refractivity contribution in [1.29, 1.82) is 0 Å². The number of methoxy groups -OCH3 is 1. The number of halogens is 1. The number of fused-ring (bicyclic) bond motifs is 1. The van der Waals surface area contributed by atoms with Crippen molar-refractivity contribution in [3.8, 4) is 0 Å². The lowest BCUT2D eigenvalue weighted by Crippen LogP contribution is -2.48. The van der Waals surface area contributed by atoms with Crippen LogP contribution in [0.25, 0.3) is 0 Å². The van der Waals surface area contributed by atoms with E-state index in [2.05, 4.69) is 30.6 Å². The number of guanidine groups is 1. The second kappa shape index (κ2) is 11.0. The Labute approximate surface area is 173 Å². The van der Waals surface area contributed by atoms with Gasteiger partial charge in [-0.15, -0.1) is 24.0 Å². The maximum atomic E-state index is 5.12. The van der Waals surface area contributed by atoms with E-state index in [1.807, 2.05) is 11.7 Å². The SMILES string of the molecule is CN=C(NCCN1CCCCC1)NC1CCc2nc(COC)nn2C1.I. The zero-order chi connectivity index (χ0) is 17.5. The first kappa shape index (κ1) is 21.4. The van der Waals surface area contributed by atoms with Gasteiger partial charge >= 0.3 is 0 Å². The Kier molecular flexibility index (Phi) is 9.06. The molecule has 1 unspecified atom stereocenters. The number of likely N-dealkylation sites (tertiary alicyclic amines) is 1. The standard InChI is InChI=1S/C17H31N7O.HI/c1-18-17(19-8-11-23-9-4-3-5-10-23)20-14-6-7-16-21-15(13-25-2)22-24(16)12-14;/h14H,3-13H2,1-2H3,(H2,18,19,20);1H. The number of aliphatic imine (C=N–C) groups is 1. The molecular formula is C17H32IN7O. The average molecular weight is 477 g/mol. The van der Waals surface area contributed by atoms with Crippen LogP contribution in [-0.4, -0.2) is 72.0 Å². The highest BCUT2D eigenvalue weighted by Gasteiger charge is 2.22. The molecule has 1 atom stereocenters. The van der Waals surface area contributed by atoms with Crippen LogP contribution in [0.2, 0.25) is 0 Å². The number of aromatic nitrogens is 3. The predicted molar refractivity (Wildman–Crippen MR) is 113 cm³/mol. The molecule has 0 bridgehead atoms. The van der Waals surface area contributed by atoms with Gasteiger partial charge in [0.15, 0.2) is 11.8 Å². The quantitative estimate of drug-likeness (QED) is 0.362. The van der Waals surface area contributed by atoms with Crippen LogP contribution in [0.5, 0.6) is 0 Å². The van der Waals surface area contributed by atoms with Crippen LogP contribution < -0.4 is 10.6 Å². The lowest BCUT2D eigenvalue weighted by molar-refractivity contribution is 0.177. The number of hydrogen-bond donors (Lipinski definition) is 2. The fourth-order valence-electron chi connectivity index (χ4n) is 3.57. The van der Waals surface area contributed by atoms with Gasteiger partial charge in [-0.3, -0.25) is 4.99 Å². The van der Waals surface area contributed by atoms with E-state index in [-0.39, 0.29) is 24.0 Å². The van der Waals surface area contributed by atoms with Gasteiger partial charge in [-0.1, -0.05) is 6.42 Å². The maximum absolute atomic E-state index is 5.12. The van der Waals surface area contributed by atoms with Gasteiger partial charge in [0.25, 0.3) is 0 Å². The van der Waals surface area contributed by atoms with E-state index in [0.717, 1.165) is 50.1 Å². The lowest BCUT2D eigenvalue weighted by Gasteiger charge is -2.28. The molecule has 3 rings (SSSR count). The highest BCUT2D eigenvalue weighted by atomic mass is 127. The van der Waals surface area contributed by atoms with E-state index in [1.54, 1.807) is 7.11 Å². The van der Waals surface area contributed by atoms with Crippen LogP contribution in [0, 0.1) is 0 Å². The number of nitrogens with one attached hydrogen (secondary N) is 2. The smallest absolute Gasteiger partial charge is 0.191 e. The number of rotatable bonds is 6. The van der Waals surface area contributed by atoms with E-state index in [1.165, 1.54) is 32.4 Å². The molecule has 1 aromatic rings. The summed E-state index contributed by atoms with van der Waals surface area (Å²) in [5, 5.41) is 11.5. The van der Waals surface area contributed by atoms with Crippen LogP contribution in [0.3, 0.4) is 0 Å². The first-order valence-corrected chi connectivity index (χ1v) is 9.39. The van der Waals surface area contributed by atoms with Crippen molar-refractivity contribution in [2.24, 2.45) is 4.99 Å². The van der Waals surface area contributed by atoms with Crippen molar-refractivity contribution in [3.05, 3.63) is 11.6 Å². The molecule has 8 nitrogen and oxygen atoms in total. The minimum absolute atomic E-state index is 0. The molecule has 9 heteroatoms. The number of piperidine rings is 1. The third-order valence-electron chi connectivity index (χ3n) is 4.91. The van der Waals surface area contributed by atoms with Crippen LogP contribution >= 0.6 is 24.0 Å². The molecular weight excluding hydrogens is 445 g/mol. The number of aryl methyl sites for hydroxylation is 1. The number of nitrogens with zero attached hydrogens (tertiary/aromatic N) is 5. The van der Waals surface area contributed by atoms with Crippen molar-refractivity contribution in [2.75, 3.05) is 40.3 Å². The summed E-state index contributed by atoms with van der Waals surface area (Å²) in [5.41, 5.74) is 0. The second-order valence-corrected chi connectivity index (χ2v) is 6.84. The van der Waals surface area contributed by atoms with Gasteiger partial charge in [0.05, 0.1) is 6.54 Å². The molecule has 0 aromatic carbocycles. The fourth-order valence-corrected chi connectivity index (χ4v) is 3.57. The largest absolute Gasteiger partial charge is 0.377 e. The maximum Gasteiger partial charge on any atom is 0.191 e. The molecule has 2 aliphatic heterocycles. The Bertz CT molecular complexity index is 571.